The number of anilines is 1. The Bertz CT molecular complexity index is 643. The number of thioether (sulfide) groups is 1. The van der Waals surface area contributed by atoms with Gasteiger partial charge in [0.25, 0.3) is 5.69 Å². The molecule has 0 spiro atoms. The molecule has 0 aliphatic heterocycles. The van der Waals surface area contributed by atoms with Crippen LogP contribution in [0, 0.1) is 17.0 Å². The summed E-state index contributed by atoms with van der Waals surface area (Å²) in [5.74, 6) is 1.20. The first kappa shape index (κ1) is 14.6. The summed E-state index contributed by atoms with van der Waals surface area (Å²) in [5, 5.41) is 11.3. The Kier molecular flexibility index (Phi) is 4.46. The van der Waals surface area contributed by atoms with Crippen LogP contribution in [0.25, 0.3) is 0 Å². The van der Waals surface area contributed by atoms with E-state index in [1.165, 1.54) is 23.5 Å². The fourth-order valence-electron chi connectivity index (χ4n) is 1.67. The van der Waals surface area contributed by atoms with Crippen LogP contribution in [-0.4, -0.2) is 17.0 Å². The van der Waals surface area contributed by atoms with Crippen molar-refractivity contribution in [2.75, 3.05) is 12.8 Å². The van der Waals surface area contributed by atoms with Gasteiger partial charge in [0.15, 0.2) is 5.13 Å². The van der Waals surface area contributed by atoms with Crippen LogP contribution < -0.4 is 10.5 Å². The van der Waals surface area contributed by atoms with Gasteiger partial charge in [0.05, 0.1) is 21.9 Å². The summed E-state index contributed by atoms with van der Waals surface area (Å²) in [7, 11) is 1.55. The highest BCUT2D eigenvalue weighted by atomic mass is 32.2. The van der Waals surface area contributed by atoms with Gasteiger partial charge in [-0.3, -0.25) is 10.1 Å². The molecule has 0 aliphatic carbocycles. The Balaban J connectivity index is 2.21. The van der Waals surface area contributed by atoms with E-state index in [0.29, 0.717) is 16.6 Å². The predicted molar refractivity (Wildman–Crippen MR) is 80.5 cm³/mol. The first-order valence-electron chi connectivity index (χ1n) is 5.68. The maximum atomic E-state index is 10.8. The van der Waals surface area contributed by atoms with Gasteiger partial charge in [0.2, 0.25) is 0 Å². The van der Waals surface area contributed by atoms with Crippen LogP contribution >= 0.6 is 23.1 Å². The first-order chi connectivity index (χ1) is 9.51. The third-order valence-electron chi connectivity index (χ3n) is 2.60. The van der Waals surface area contributed by atoms with Crippen molar-refractivity contribution in [1.82, 2.24) is 4.98 Å². The van der Waals surface area contributed by atoms with Crippen molar-refractivity contribution in [2.24, 2.45) is 0 Å². The second kappa shape index (κ2) is 6.10. The highest BCUT2D eigenvalue weighted by Crippen LogP contribution is 2.35. The Labute approximate surface area is 124 Å². The summed E-state index contributed by atoms with van der Waals surface area (Å²) in [6, 6.07) is 4.58. The quantitative estimate of drug-likeness (QED) is 0.518. The Morgan fingerprint density at radius 1 is 1.55 bits per heavy atom. The van der Waals surface area contributed by atoms with Gasteiger partial charge in [0.1, 0.15) is 5.75 Å². The number of nitrogens with two attached hydrogens (primary N) is 1. The minimum Gasteiger partial charge on any atom is -0.496 e. The van der Waals surface area contributed by atoms with E-state index in [2.05, 4.69) is 4.98 Å². The number of nitro benzene ring substituents is 1. The number of hydrogen-bond donors (Lipinski definition) is 1. The number of thiazole rings is 1. The van der Waals surface area contributed by atoms with Gasteiger partial charge in [-0.25, -0.2) is 4.98 Å². The topological polar surface area (TPSA) is 91.3 Å². The molecule has 106 valence electrons. The summed E-state index contributed by atoms with van der Waals surface area (Å²) in [6.07, 6.45) is 0. The van der Waals surface area contributed by atoms with Gasteiger partial charge >= 0.3 is 0 Å². The van der Waals surface area contributed by atoms with Crippen LogP contribution in [0.5, 0.6) is 5.75 Å². The van der Waals surface area contributed by atoms with Gasteiger partial charge in [-0.05, 0) is 13.0 Å². The molecule has 1 heterocycles. The normalized spacial score (nSPS) is 10.5. The van der Waals surface area contributed by atoms with Crippen LogP contribution in [-0.2, 0) is 5.75 Å². The fourth-order valence-corrected chi connectivity index (χ4v) is 3.67. The van der Waals surface area contributed by atoms with E-state index in [4.69, 9.17) is 10.5 Å². The molecule has 0 unspecified atom stereocenters. The van der Waals surface area contributed by atoms with Crippen LogP contribution in [0.4, 0.5) is 10.8 Å². The van der Waals surface area contributed by atoms with E-state index >= 15 is 0 Å². The first-order valence-corrected chi connectivity index (χ1v) is 7.48. The number of nitrogen functional groups attached to an aromatic ring is 1. The second-order valence-corrected chi connectivity index (χ2v) is 6.24. The number of ether oxygens (including phenoxy) is 1. The van der Waals surface area contributed by atoms with Crippen molar-refractivity contribution in [3.05, 3.63) is 39.6 Å². The molecule has 0 saturated carbocycles. The van der Waals surface area contributed by atoms with Crippen LogP contribution in [0.2, 0.25) is 0 Å². The number of benzene rings is 1. The molecule has 2 aromatic rings. The molecular weight excluding hydrogens is 298 g/mol. The Morgan fingerprint density at radius 3 is 2.85 bits per heavy atom. The summed E-state index contributed by atoms with van der Waals surface area (Å²) in [4.78, 5) is 14.6. The minimum atomic E-state index is -0.413. The van der Waals surface area contributed by atoms with E-state index in [9.17, 15) is 10.1 Å². The van der Waals surface area contributed by atoms with E-state index in [1.54, 1.807) is 24.9 Å². The molecule has 20 heavy (non-hydrogen) atoms. The average molecular weight is 311 g/mol. The maximum Gasteiger partial charge on any atom is 0.270 e. The van der Waals surface area contributed by atoms with Gasteiger partial charge in [0, 0.05) is 23.4 Å². The van der Waals surface area contributed by atoms with Crippen molar-refractivity contribution in [2.45, 2.75) is 16.9 Å². The molecule has 6 nitrogen and oxygen atoms in total. The molecule has 1 aromatic carbocycles. The summed E-state index contributed by atoms with van der Waals surface area (Å²) < 4.78 is 6.24. The van der Waals surface area contributed by atoms with Gasteiger partial charge < -0.3 is 10.5 Å². The lowest BCUT2D eigenvalue weighted by molar-refractivity contribution is -0.384. The van der Waals surface area contributed by atoms with Crippen molar-refractivity contribution < 1.29 is 9.66 Å². The van der Waals surface area contributed by atoms with Crippen LogP contribution in [0.3, 0.4) is 0 Å². The number of nitro groups is 1. The van der Waals surface area contributed by atoms with E-state index < -0.39 is 4.92 Å². The molecule has 2 N–H and O–H groups in total. The third-order valence-corrected chi connectivity index (χ3v) is 5.00. The lowest BCUT2D eigenvalue weighted by atomic mass is 10.2. The summed E-state index contributed by atoms with van der Waals surface area (Å²) >= 11 is 2.96. The number of rotatable bonds is 5. The molecule has 0 radical (unpaired) electrons. The number of methoxy groups -OCH3 is 1. The molecular formula is C12H13N3O3S2. The third kappa shape index (κ3) is 3.20. The van der Waals surface area contributed by atoms with E-state index in [0.717, 1.165) is 15.5 Å². The highest BCUT2D eigenvalue weighted by Gasteiger charge is 2.13. The molecule has 8 heteroatoms. The van der Waals surface area contributed by atoms with Gasteiger partial charge in [-0.2, -0.15) is 0 Å². The smallest absolute Gasteiger partial charge is 0.270 e. The molecule has 0 aliphatic rings. The molecule has 1 aromatic heterocycles. The van der Waals surface area contributed by atoms with Crippen molar-refractivity contribution in [3.63, 3.8) is 0 Å². The van der Waals surface area contributed by atoms with Crippen molar-refractivity contribution in [3.8, 4) is 5.75 Å². The Hall–Kier alpha value is -1.80. The molecule has 0 bridgehead atoms. The zero-order chi connectivity index (χ0) is 14.7. The highest BCUT2D eigenvalue weighted by molar-refractivity contribution is 8.00. The molecule has 0 atom stereocenters. The van der Waals surface area contributed by atoms with Crippen LogP contribution in [0.1, 0.15) is 11.3 Å². The van der Waals surface area contributed by atoms with Gasteiger partial charge in [-0.1, -0.05) is 11.3 Å². The second-order valence-electron chi connectivity index (χ2n) is 3.97. The molecule has 0 amide bonds. The Morgan fingerprint density at radius 2 is 2.30 bits per heavy atom. The minimum absolute atomic E-state index is 0.0574. The molecule has 0 saturated heterocycles. The predicted octanol–water partition coefficient (Wildman–Crippen LogP) is 3.24. The molecule has 0 fully saturated rings. The number of non-ortho nitro benzene ring substituents is 1. The average Bonchev–Trinajstić information content (AvgIpc) is 2.74. The van der Waals surface area contributed by atoms with Crippen molar-refractivity contribution >= 4 is 33.9 Å². The lowest BCUT2D eigenvalue weighted by Gasteiger charge is -2.07. The summed E-state index contributed by atoms with van der Waals surface area (Å²) in [5.41, 5.74) is 7.36. The monoisotopic (exact) mass is 311 g/mol. The van der Waals surface area contributed by atoms with E-state index in [1.807, 2.05) is 6.92 Å². The number of nitrogens with zero attached hydrogens (tertiary/aromatic N) is 2. The number of hydrogen-bond acceptors (Lipinski definition) is 7. The SMILES string of the molecule is COc1ccc([N+](=O)[O-])cc1CSc1sc(N)nc1C. The standard InChI is InChI=1S/C12H13N3O3S2/c1-7-11(20-12(13)14-7)19-6-8-5-9(15(16)17)3-4-10(8)18-2/h3-5H,6H2,1-2H3,(H2,13,14). The maximum absolute atomic E-state index is 10.8. The van der Waals surface area contributed by atoms with Crippen molar-refractivity contribution in [1.29, 1.82) is 0 Å². The zero-order valence-electron chi connectivity index (χ0n) is 11.0. The zero-order valence-corrected chi connectivity index (χ0v) is 12.6. The summed E-state index contributed by atoms with van der Waals surface area (Å²) in [6.45, 7) is 1.89. The van der Waals surface area contributed by atoms with E-state index in [-0.39, 0.29) is 5.69 Å². The van der Waals surface area contributed by atoms with Crippen LogP contribution in [0.15, 0.2) is 22.4 Å². The fraction of sp³-hybridized carbons (Fsp3) is 0.250. The van der Waals surface area contributed by atoms with Gasteiger partial charge in [-0.15, -0.1) is 11.8 Å². The molecule has 2 rings (SSSR count). The lowest BCUT2D eigenvalue weighted by Crippen LogP contribution is -1.94. The number of aromatic nitrogens is 1. The number of aryl methyl sites for hydroxylation is 1. The largest absolute Gasteiger partial charge is 0.496 e.